The number of hydrogen-bond donors (Lipinski definition) is 0. The minimum atomic E-state index is -0.419. The molecule has 0 saturated heterocycles. The lowest BCUT2D eigenvalue weighted by atomic mass is 10.2. The summed E-state index contributed by atoms with van der Waals surface area (Å²) in [5.41, 5.74) is 0.728. The number of pyridine rings is 1. The number of nitrogens with zero attached hydrogens (tertiary/aromatic N) is 3. The second kappa shape index (κ2) is 6.62. The summed E-state index contributed by atoms with van der Waals surface area (Å²) in [6.45, 7) is 2.43. The molecule has 0 saturated carbocycles. The van der Waals surface area contributed by atoms with Crippen molar-refractivity contribution < 1.29 is 9.18 Å². The number of rotatable bonds is 4. The summed E-state index contributed by atoms with van der Waals surface area (Å²) < 4.78 is 14.7. The first-order valence-corrected chi connectivity index (χ1v) is 7.60. The molecule has 2 heterocycles. The molecule has 0 aliphatic heterocycles. The lowest BCUT2D eigenvalue weighted by Gasteiger charge is -2.20. The first kappa shape index (κ1) is 15.9. The summed E-state index contributed by atoms with van der Waals surface area (Å²) in [5, 5.41) is 0. The molecule has 0 spiro atoms. The quantitative estimate of drug-likeness (QED) is 0.740. The zero-order valence-corrected chi connectivity index (χ0v) is 13.1. The average molecular weight is 325 g/mol. The van der Waals surface area contributed by atoms with Crippen LogP contribution in [-0.2, 0) is 6.54 Å². The Morgan fingerprint density at radius 1 is 1.25 bits per heavy atom. The van der Waals surface area contributed by atoms with E-state index in [1.807, 2.05) is 6.92 Å². The number of hydrogen-bond acceptors (Lipinski definition) is 3. The molecule has 0 N–H and O–H groups in total. The van der Waals surface area contributed by atoms with Crippen LogP contribution in [0.3, 0.4) is 0 Å². The molecule has 6 heteroatoms. The van der Waals surface area contributed by atoms with Crippen LogP contribution in [0.15, 0.2) is 59.7 Å². The largest absolute Gasteiger partial charge is 0.334 e. The van der Waals surface area contributed by atoms with Gasteiger partial charge in [-0.1, -0.05) is 18.2 Å². The third-order valence-electron chi connectivity index (χ3n) is 3.78. The minimum Gasteiger partial charge on any atom is -0.334 e. The van der Waals surface area contributed by atoms with Gasteiger partial charge in [0, 0.05) is 25.5 Å². The lowest BCUT2D eigenvalue weighted by Crippen LogP contribution is -2.35. The maximum atomic E-state index is 13.3. The maximum Gasteiger partial charge on any atom is 0.270 e. The predicted octanol–water partition coefficient (Wildman–Crippen LogP) is 2.50. The number of amides is 1. The van der Waals surface area contributed by atoms with Crippen molar-refractivity contribution in [1.29, 1.82) is 0 Å². The Morgan fingerprint density at radius 2 is 2.08 bits per heavy atom. The standard InChI is InChI=1S/C18H16FN3O2/c1-2-21(12-13-6-5-7-14(19)10-13)17(23)15-11-20-16-8-3-4-9-22(16)18(15)24/h3-11H,2,12H2,1H3. The van der Waals surface area contributed by atoms with E-state index in [1.54, 1.807) is 36.5 Å². The maximum absolute atomic E-state index is 13.3. The van der Waals surface area contributed by atoms with Crippen molar-refractivity contribution in [2.75, 3.05) is 6.54 Å². The van der Waals surface area contributed by atoms with Crippen LogP contribution in [0.25, 0.3) is 5.65 Å². The van der Waals surface area contributed by atoms with Gasteiger partial charge in [0.1, 0.15) is 17.0 Å². The predicted molar refractivity (Wildman–Crippen MR) is 88.3 cm³/mol. The van der Waals surface area contributed by atoms with Crippen LogP contribution >= 0.6 is 0 Å². The van der Waals surface area contributed by atoms with Crippen LogP contribution in [0.1, 0.15) is 22.8 Å². The van der Waals surface area contributed by atoms with Crippen molar-refractivity contribution in [1.82, 2.24) is 14.3 Å². The highest BCUT2D eigenvalue weighted by molar-refractivity contribution is 5.93. The van der Waals surface area contributed by atoms with Crippen LogP contribution in [0.4, 0.5) is 4.39 Å². The molecule has 0 atom stereocenters. The molecule has 2 aromatic heterocycles. The molecule has 0 unspecified atom stereocenters. The normalized spacial score (nSPS) is 10.8. The van der Waals surface area contributed by atoms with E-state index in [9.17, 15) is 14.0 Å². The first-order valence-electron chi connectivity index (χ1n) is 7.60. The summed E-state index contributed by atoms with van der Waals surface area (Å²) in [6.07, 6.45) is 2.87. The minimum absolute atomic E-state index is 0.00282. The van der Waals surface area contributed by atoms with Gasteiger partial charge in [-0.2, -0.15) is 0 Å². The number of fused-ring (bicyclic) bond motifs is 1. The average Bonchev–Trinajstić information content (AvgIpc) is 2.60. The summed E-state index contributed by atoms with van der Waals surface area (Å²) in [7, 11) is 0. The first-order chi connectivity index (χ1) is 11.6. The second-order valence-electron chi connectivity index (χ2n) is 5.36. The van der Waals surface area contributed by atoms with Gasteiger partial charge in [-0.05, 0) is 36.8 Å². The van der Waals surface area contributed by atoms with Crippen LogP contribution in [0.2, 0.25) is 0 Å². The van der Waals surface area contributed by atoms with E-state index in [4.69, 9.17) is 0 Å². The molecule has 0 bridgehead atoms. The van der Waals surface area contributed by atoms with Crippen LogP contribution in [0.5, 0.6) is 0 Å². The number of carbonyl (C=O) groups is 1. The van der Waals surface area contributed by atoms with Gasteiger partial charge in [0.2, 0.25) is 0 Å². The van der Waals surface area contributed by atoms with Gasteiger partial charge in [-0.3, -0.25) is 14.0 Å². The van der Waals surface area contributed by atoms with E-state index in [0.29, 0.717) is 17.8 Å². The molecule has 122 valence electrons. The third-order valence-corrected chi connectivity index (χ3v) is 3.78. The van der Waals surface area contributed by atoms with Crippen molar-refractivity contribution in [3.63, 3.8) is 0 Å². The monoisotopic (exact) mass is 325 g/mol. The van der Waals surface area contributed by atoms with Gasteiger partial charge in [0.25, 0.3) is 11.5 Å². The Bertz CT molecular complexity index is 952. The van der Waals surface area contributed by atoms with Crippen molar-refractivity contribution in [3.8, 4) is 0 Å². The van der Waals surface area contributed by atoms with Crippen molar-refractivity contribution in [2.45, 2.75) is 13.5 Å². The van der Waals surface area contributed by atoms with Crippen LogP contribution in [0, 0.1) is 5.82 Å². The van der Waals surface area contributed by atoms with Gasteiger partial charge in [-0.15, -0.1) is 0 Å². The Balaban J connectivity index is 1.94. The molecule has 1 amide bonds. The SMILES string of the molecule is CCN(Cc1cccc(F)c1)C(=O)c1cnc2ccccn2c1=O. The van der Waals surface area contributed by atoms with E-state index in [0.717, 1.165) is 0 Å². The third kappa shape index (κ3) is 3.03. The van der Waals surface area contributed by atoms with Gasteiger partial charge in [-0.25, -0.2) is 9.37 Å². The van der Waals surface area contributed by atoms with E-state index < -0.39 is 11.5 Å². The summed E-state index contributed by atoms with van der Waals surface area (Å²) in [6, 6.07) is 11.2. The second-order valence-corrected chi connectivity index (χ2v) is 5.36. The van der Waals surface area contributed by atoms with Crippen LogP contribution in [-0.4, -0.2) is 26.7 Å². The zero-order valence-electron chi connectivity index (χ0n) is 13.1. The van der Waals surface area contributed by atoms with E-state index >= 15 is 0 Å². The Labute approximate surface area is 138 Å². The summed E-state index contributed by atoms with van der Waals surface area (Å²) in [4.78, 5) is 30.9. The van der Waals surface area contributed by atoms with E-state index in [-0.39, 0.29) is 17.9 Å². The van der Waals surface area contributed by atoms with Crippen molar-refractivity contribution in [2.24, 2.45) is 0 Å². The van der Waals surface area contributed by atoms with Gasteiger partial charge < -0.3 is 4.90 Å². The van der Waals surface area contributed by atoms with Crippen LogP contribution < -0.4 is 5.56 Å². The molecular formula is C18H16FN3O2. The molecular weight excluding hydrogens is 309 g/mol. The van der Waals surface area contributed by atoms with Crippen molar-refractivity contribution in [3.05, 3.63) is 82.2 Å². The highest BCUT2D eigenvalue weighted by atomic mass is 19.1. The smallest absolute Gasteiger partial charge is 0.270 e. The fraction of sp³-hybridized carbons (Fsp3) is 0.167. The number of carbonyl (C=O) groups excluding carboxylic acids is 1. The number of aromatic nitrogens is 2. The summed E-state index contributed by atoms with van der Waals surface area (Å²) in [5.74, 6) is -0.777. The highest BCUT2D eigenvalue weighted by Gasteiger charge is 2.19. The number of halogens is 1. The molecule has 3 rings (SSSR count). The summed E-state index contributed by atoms with van der Waals surface area (Å²) >= 11 is 0. The molecule has 5 nitrogen and oxygen atoms in total. The zero-order chi connectivity index (χ0) is 17.1. The van der Waals surface area contributed by atoms with E-state index in [2.05, 4.69) is 4.98 Å². The highest BCUT2D eigenvalue weighted by Crippen LogP contribution is 2.10. The fourth-order valence-corrected chi connectivity index (χ4v) is 2.53. The Kier molecular flexibility index (Phi) is 4.37. The lowest BCUT2D eigenvalue weighted by molar-refractivity contribution is 0.0750. The van der Waals surface area contributed by atoms with Gasteiger partial charge >= 0.3 is 0 Å². The van der Waals surface area contributed by atoms with Crippen molar-refractivity contribution >= 4 is 11.6 Å². The molecule has 0 fully saturated rings. The molecule has 0 aliphatic rings. The molecule has 24 heavy (non-hydrogen) atoms. The number of benzene rings is 1. The molecule has 1 aromatic carbocycles. The molecule has 0 aliphatic carbocycles. The molecule has 3 aromatic rings. The Hall–Kier alpha value is -3.02. The van der Waals surface area contributed by atoms with Gasteiger partial charge in [0.05, 0.1) is 0 Å². The molecule has 0 radical (unpaired) electrons. The topological polar surface area (TPSA) is 54.7 Å². The van der Waals surface area contributed by atoms with E-state index in [1.165, 1.54) is 27.6 Å². The van der Waals surface area contributed by atoms with Gasteiger partial charge in [0.15, 0.2) is 0 Å². The Morgan fingerprint density at radius 3 is 2.83 bits per heavy atom. The fourth-order valence-electron chi connectivity index (χ4n) is 2.53.